The van der Waals surface area contributed by atoms with Crippen molar-refractivity contribution in [3.63, 3.8) is 0 Å². The third-order valence-corrected chi connectivity index (χ3v) is 5.56. The molecule has 164 valence electrons. The predicted octanol–water partition coefficient (Wildman–Crippen LogP) is 3.52. The van der Waals surface area contributed by atoms with Crippen LogP contribution in [0.1, 0.15) is 47.7 Å². The van der Waals surface area contributed by atoms with Gasteiger partial charge in [-0.25, -0.2) is 0 Å². The second-order valence-corrected chi connectivity index (χ2v) is 8.15. The molecule has 1 saturated heterocycles. The Bertz CT molecular complexity index is 933. The summed E-state index contributed by atoms with van der Waals surface area (Å²) in [5, 5.41) is 3.05. The third kappa shape index (κ3) is 6.95. The van der Waals surface area contributed by atoms with Crippen LogP contribution < -0.4 is 10.1 Å². The Balaban J connectivity index is 1.40. The third-order valence-electron chi connectivity index (χ3n) is 5.56. The van der Waals surface area contributed by atoms with Gasteiger partial charge in [-0.3, -0.25) is 14.4 Å². The summed E-state index contributed by atoms with van der Waals surface area (Å²) in [6.45, 7) is 5.34. The van der Waals surface area contributed by atoms with Crippen molar-refractivity contribution in [1.29, 1.82) is 0 Å². The summed E-state index contributed by atoms with van der Waals surface area (Å²) in [6, 6.07) is 14.9. The average molecular weight is 423 g/mol. The van der Waals surface area contributed by atoms with Gasteiger partial charge in [0.1, 0.15) is 5.75 Å². The minimum Gasteiger partial charge on any atom is -0.427 e. The topological polar surface area (TPSA) is 75.7 Å². The van der Waals surface area contributed by atoms with E-state index in [0.29, 0.717) is 43.3 Å². The molecule has 1 heterocycles. The summed E-state index contributed by atoms with van der Waals surface area (Å²) in [5.74, 6) is 0.351. The number of rotatable bonds is 7. The maximum atomic E-state index is 12.8. The van der Waals surface area contributed by atoms with Gasteiger partial charge in [0.2, 0.25) is 5.91 Å². The number of piperidine rings is 1. The summed E-state index contributed by atoms with van der Waals surface area (Å²) in [4.78, 5) is 37.9. The lowest BCUT2D eigenvalue weighted by molar-refractivity contribution is -0.131. The van der Waals surface area contributed by atoms with Crippen LogP contribution in [0, 0.1) is 12.8 Å². The molecular weight excluding hydrogens is 392 g/mol. The van der Waals surface area contributed by atoms with Crippen LogP contribution in [0.5, 0.6) is 5.75 Å². The van der Waals surface area contributed by atoms with E-state index in [2.05, 4.69) is 30.4 Å². The van der Waals surface area contributed by atoms with Gasteiger partial charge in [0.05, 0.1) is 0 Å². The van der Waals surface area contributed by atoms with E-state index < -0.39 is 5.97 Å². The smallest absolute Gasteiger partial charge is 0.308 e. The second kappa shape index (κ2) is 10.8. The minimum absolute atomic E-state index is 0.0605. The van der Waals surface area contributed by atoms with Crippen molar-refractivity contribution >= 4 is 17.8 Å². The van der Waals surface area contributed by atoms with Crippen molar-refractivity contribution in [3.8, 4) is 5.75 Å². The summed E-state index contributed by atoms with van der Waals surface area (Å²) < 4.78 is 5.07. The lowest BCUT2D eigenvalue weighted by atomic mass is 9.96. The van der Waals surface area contributed by atoms with Gasteiger partial charge in [-0.05, 0) is 55.9 Å². The standard InChI is InChI=1S/C25H30N2O4/c1-18-5-3-6-20(15-18)9-10-24(29)26-17-21-11-13-27(14-12-21)25(30)22-7-4-8-23(16-22)31-19(2)28/h3-8,15-16,21H,9-14,17H2,1-2H3,(H,26,29). The summed E-state index contributed by atoms with van der Waals surface area (Å²) in [7, 11) is 0. The minimum atomic E-state index is -0.411. The van der Waals surface area contributed by atoms with Crippen molar-refractivity contribution in [1.82, 2.24) is 10.2 Å². The molecule has 0 aromatic heterocycles. The number of ether oxygens (including phenoxy) is 1. The van der Waals surface area contributed by atoms with E-state index in [4.69, 9.17) is 4.74 Å². The molecule has 1 fully saturated rings. The van der Waals surface area contributed by atoms with Gasteiger partial charge >= 0.3 is 5.97 Å². The molecule has 2 aromatic rings. The number of benzene rings is 2. The molecule has 6 heteroatoms. The largest absolute Gasteiger partial charge is 0.427 e. The molecule has 2 amide bonds. The Kier molecular flexibility index (Phi) is 7.82. The van der Waals surface area contributed by atoms with Gasteiger partial charge in [0.25, 0.3) is 5.91 Å². The van der Waals surface area contributed by atoms with E-state index in [0.717, 1.165) is 19.3 Å². The maximum absolute atomic E-state index is 12.8. The monoisotopic (exact) mass is 422 g/mol. The van der Waals surface area contributed by atoms with Gasteiger partial charge in [0.15, 0.2) is 0 Å². The molecule has 1 N–H and O–H groups in total. The van der Waals surface area contributed by atoms with E-state index in [1.54, 1.807) is 24.3 Å². The fourth-order valence-corrected chi connectivity index (χ4v) is 3.85. The molecule has 6 nitrogen and oxygen atoms in total. The van der Waals surface area contributed by atoms with Crippen molar-refractivity contribution in [2.75, 3.05) is 19.6 Å². The van der Waals surface area contributed by atoms with Crippen LogP contribution in [0.25, 0.3) is 0 Å². The Hall–Kier alpha value is -3.15. The molecule has 0 unspecified atom stereocenters. The number of amides is 2. The number of aryl methyl sites for hydroxylation is 2. The molecule has 0 spiro atoms. The molecular formula is C25H30N2O4. The zero-order chi connectivity index (χ0) is 22.2. The zero-order valence-corrected chi connectivity index (χ0v) is 18.2. The highest BCUT2D eigenvalue weighted by molar-refractivity contribution is 5.94. The quantitative estimate of drug-likeness (QED) is 0.547. The highest BCUT2D eigenvalue weighted by atomic mass is 16.5. The van der Waals surface area contributed by atoms with Crippen molar-refractivity contribution in [2.24, 2.45) is 5.92 Å². The molecule has 0 radical (unpaired) electrons. The van der Waals surface area contributed by atoms with Crippen LogP contribution in [0.3, 0.4) is 0 Å². The Morgan fingerprint density at radius 2 is 1.81 bits per heavy atom. The molecule has 0 saturated carbocycles. The first-order chi connectivity index (χ1) is 14.9. The number of nitrogens with one attached hydrogen (secondary N) is 1. The number of carbonyl (C=O) groups excluding carboxylic acids is 3. The molecule has 0 bridgehead atoms. The van der Waals surface area contributed by atoms with Gasteiger partial charge in [0, 0.05) is 38.5 Å². The lowest BCUT2D eigenvalue weighted by Crippen LogP contribution is -2.41. The predicted molar refractivity (Wildman–Crippen MR) is 119 cm³/mol. The van der Waals surface area contributed by atoms with Crippen LogP contribution in [0.15, 0.2) is 48.5 Å². The van der Waals surface area contributed by atoms with E-state index >= 15 is 0 Å². The van der Waals surface area contributed by atoms with Crippen molar-refractivity contribution in [2.45, 2.75) is 39.5 Å². The second-order valence-electron chi connectivity index (χ2n) is 8.15. The first kappa shape index (κ1) is 22.5. The van der Waals surface area contributed by atoms with Gasteiger partial charge < -0.3 is 15.0 Å². The van der Waals surface area contributed by atoms with Gasteiger partial charge in [-0.15, -0.1) is 0 Å². The molecule has 0 aliphatic carbocycles. The van der Waals surface area contributed by atoms with Crippen LogP contribution in [-0.4, -0.2) is 42.3 Å². The van der Waals surface area contributed by atoms with Crippen LogP contribution in [-0.2, 0) is 16.0 Å². The SMILES string of the molecule is CC(=O)Oc1cccc(C(=O)N2CCC(CNC(=O)CCc3cccc(C)c3)CC2)c1. The average Bonchev–Trinajstić information content (AvgIpc) is 2.76. The first-order valence-corrected chi connectivity index (χ1v) is 10.8. The number of likely N-dealkylation sites (tertiary alicyclic amines) is 1. The van der Waals surface area contributed by atoms with E-state index in [-0.39, 0.29) is 11.8 Å². The summed E-state index contributed by atoms with van der Waals surface area (Å²) >= 11 is 0. The number of hydrogen-bond acceptors (Lipinski definition) is 4. The van der Waals surface area contributed by atoms with Crippen LogP contribution in [0.4, 0.5) is 0 Å². The van der Waals surface area contributed by atoms with Crippen LogP contribution in [0.2, 0.25) is 0 Å². The first-order valence-electron chi connectivity index (χ1n) is 10.8. The highest BCUT2D eigenvalue weighted by Crippen LogP contribution is 2.21. The molecule has 1 aliphatic rings. The Labute approximate surface area is 183 Å². The number of esters is 1. The van der Waals surface area contributed by atoms with Crippen molar-refractivity contribution in [3.05, 3.63) is 65.2 Å². The maximum Gasteiger partial charge on any atom is 0.308 e. The van der Waals surface area contributed by atoms with Crippen molar-refractivity contribution < 1.29 is 19.1 Å². The van der Waals surface area contributed by atoms with Gasteiger partial charge in [-0.1, -0.05) is 35.9 Å². The number of hydrogen-bond donors (Lipinski definition) is 1. The molecule has 31 heavy (non-hydrogen) atoms. The Morgan fingerprint density at radius 3 is 2.52 bits per heavy atom. The molecule has 1 aliphatic heterocycles. The van der Waals surface area contributed by atoms with E-state index in [9.17, 15) is 14.4 Å². The van der Waals surface area contributed by atoms with E-state index in [1.807, 2.05) is 11.0 Å². The van der Waals surface area contributed by atoms with Gasteiger partial charge in [-0.2, -0.15) is 0 Å². The number of carbonyl (C=O) groups is 3. The normalized spacial score (nSPS) is 14.2. The molecule has 0 atom stereocenters. The molecule has 2 aromatic carbocycles. The highest BCUT2D eigenvalue weighted by Gasteiger charge is 2.24. The van der Waals surface area contributed by atoms with Crippen LogP contribution >= 0.6 is 0 Å². The Morgan fingerprint density at radius 1 is 1.06 bits per heavy atom. The molecule has 3 rings (SSSR count). The lowest BCUT2D eigenvalue weighted by Gasteiger charge is -2.32. The number of nitrogens with zero attached hydrogens (tertiary/aromatic N) is 1. The fraction of sp³-hybridized carbons (Fsp3) is 0.400. The fourth-order valence-electron chi connectivity index (χ4n) is 3.85. The summed E-state index contributed by atoms with van der Waals surface area (Å²) in [6.07, 6.45) is 2.94. The summed E-state index contributed by atoms with van der Waals surface area (Å²) in [5.41, 5.74) is 2.90. The zero-order valence-electron chi connectivity index (χ0n) is 18.2. The van der Waals surface area contributed by atoms with E-state index in [1.165, 1.54) is 18.1 Å².